The molecule has 0 aromatic carbocycles. The van der Waals surface area contributed by atoms with Crippen molar-refractivity contribution in [1.29, 1.82) is 0 Å². The molecule has 0 radical (unpaired) electrons. The monoisotopic (exact) mass is 183 g/mol. The molecule has 0 aliphatic carbocycles. The number of hydrogen-bond acceptors (Lipinski definition) is 1. The minimum absolute atomic E-state index is 0.332. The van der Waals surface area contributed by atoms with Crippen molar-refractivity contribution in [3.05, 3.63) is 0 Å². The van der Waals surface area contributed by atoms with E-state index in [2.05, 4.69) is 14.1 Å². The highest BCUT2D eigenvalue weighted by Gasteiger charge is 2.47. The Labute approximate surface area is 79.9 Å². The molecule has 2 bridgehead atoms. The van der Waals surface area contributed by atoms with Gasteiger partial charge in [-0.05, 0) is 0 Å². The lowest BCUT2D eigenvalue weighted by Crippen LogP contribution is -2.50. The van der Waals surface area contributed by atoms with Crippen LogP contribution in [0.1, 0.15) is 19.3 Å². The van der Waals surface area contributed by atoms with E-state index in [1.807, 2.05) is 11.9 Å². The van der Waals surface area contributed by atoms with Crippen LogP contribution in [-0.4, -0.2) is 55.1 Å². The van der Waals surface area contributed by atoms with Crippen molar-refractivity contribution in [1.82, 2.24) is 4.90 Å². The third kappa shape index (κ3) is 1.26. The van der Waals surface area contributed by atoms with Gasteiger partial charge in [0.15, 0.2) is 0 Å². The number of nitrogens with zero attached hydrogens (tertiary/aromatic N) is 2. The molecule has 3 heteroatoms. The Morgan fingerprint density at radius 2 is 1.92 bits per heavy atom. The van der Waals surface area contributed by atoms with Crippen LogP contribution in [0.3, 0.4) is 0 Å². The molecule has 0 N–H and O–H groups in total. The topological polar surface area (TPSA) is 20.3 Å². The second kappa shape index (κ2) is 2.71. The summed E-state index contributed by atoms with van der Waals surface area (Å²) in [5, 5.41) is 0. The zero-order chi connectivity index (χ0) is 9.64. The molecule has 2 fully saturated rings. The van der Waals surface area contributed by atoms with Crippen LogP contribution in [0.2, 0.25) is 0 Å². The van der Waals surface area contributed by atoms with Crippen LogP contribution in [0.4, 0.5) is 0 Å². The van der Waals surface area contributed by atoms with Crippen molar-refractivity contribution >= 4 is 5.91 Å². The fourth-order valence-electron chi connectivity index (χ4n) is 2.76. The zero-order valence-electron chi connectivity index (χ0n) is 8.79. The molecule has 0 aromatic rings. The van der Waals surface area contributed by atoms with Gasteiger partial charge in [0.05, 0.1) is 33.1 Å². The van der Waals surface area contributed by atoms with Crippen LogP contribution < -0.4 is 0 Å². The van der Waals surface area contributed by atoms with Gasteiger partial charge in [-0.15, -0.1) is 0 Å². The van der Waals surface area contributed by atoms with Crippen molar-refractivity contribution in [2.75, 3.05) is 27.7 Å². The van der Waals surface area contributed by atoms with Crippen molar-refractivity contribution in [2.24, 2.45) is 0 Å². The first-order valence-electron chi connectivity index (χ1n) is 5.09. The molecule has 3 nitrogen and oxygen atoms in total. The second-order valence-electron chi connectivity index (χ2n) is 4.99. The summed E-state index contributed by atoms with van der Waals surface area (Å²) in [6, 6.07) is 1.24. The summed E-state index contributed by atoms with van der Waals surface area (Å²) in [6.45, 7) is 0.947. The number of likely N-dealkylation sites (tertiary alicyclic amines) is 1. The van der Waals surface area contributed by atoms with E-state index >= 15 is 0 Å². The summed E-state index contributed by atoms with van der Waals surface area (Å²) in [7, 11) is 6.48. The highest BCUT2D eigenvalue weighted by Crippen LogP contribution is 2.34. The fourth-order valence-corrected chi connectivity index (χ4v) is 2.76. The highest BCUT2D eigenvalue weighted by molar-refractivity contribution is 5.76. The van der Waals surface area contributed by atoms with E-state index in [4.69, 9.17) is 0 Å². The standard InChI is InChI=1S/C10H19N2O/c1-11-7-9-5-4-8(6-10(11)13)12(9,2)3/h8-9H,4-7H2,1-3H3/q+1/t8-,9+/m0/s1. The van der Waals surface area contributed by atoms with Gasteiger partial charge in [0.2, 0.25) is 5.91 Å². The average molecular weight is 183 g/mol. The van der Waals surface area contributed by atoms with Gasteiger partial charge in [0, 0.05) is 19.9 Å². The molecule has 13 heavy (non-hydrogen) atoms. The third-order valence-corrected chi connectivity index (χ3v) is 4.04. The molecule has 2 heterocycles. The first kappa shape index (κ1) is 9.00. The van der Waals surface area contributed by atoms with Gasteiger partial charge < -0.3 is 9.38 Å². The van der Waals surface area contributed by atoms with Crippen molar-refractivity contribution in [2.45, 2.75) is 31.3 Å². The molecule has 2 rings (SSSR count). The molecular weight excluding hydrogens is 164 g/mol. The maximum atomic E-state index is 11.6. The Morgan fingerprint density at radius 1 is 1.31 bits per heavy atom. The number of carbonyl (C=O) groups is 1. The molecule has 2 aliphatic rings. The fraction of sp³-hybridized carbons (Fsp3) is 0.900. The average Bonchev–Trinajstić information content (AvgIpc) is 2.25. The third-order valence-electron chi connectivity index (χ3n) is 4.04. The van der Waals surface area contributed by atoms with E-state index in [-0.39, 0.29) is 0 Å². The molecule has 0 aromatic heterocycles. The Balaban J connectivity index is 2.26. The van der Waals surface area contributed by atoms with Gasteiger partial charge in [0.25, 0.3) is 0 Å². The minimum atomic E-state index is 0.332. The maximum Gasteiger partial charge on any atom is 0.228 e. The summed E-state index contributed by atoms with van der Waals surface area (Å²) >= 11 is 0. The summed E-state index contributed by atoms with van der Waals surface area (Å²) in [6.07, 6.45) is 3.27. The van der Waals surface area contributed by atoms with Crippen LogP contribution in [0.5, 0.6) is 0 Å². The van der Waals surface area contributed by atoms with Gasteiger partial charge in [-0.1, -0.05) is 0 Å². The van der Waals surface area contributed by atoms with E-state index in [0.29, 0.717) is 18.0 Å². The lowest BCUT2D eigenvalue weighted by Gasteiger charge is -2.35. The Hall–Kier alpha value is -0.570. The lowest BCUT2D eigenvalue weighted by atomic mass is 10.1. The summed E-state index contributed by atoms with van der Waals surface area (Å²) in [4.78, 5) is 13.5. The zero-order valence-corrected chi connectivity index (χ0v) is 8.79. The smallest absolute Gasteiger partial charge is 0.228 e. The quantitative estimate of drug-likeness (QED) is 0.499. The Kier molecular flexibility index (Phi) is 1.88. The normalized spacial score (nSPS) is 37.8. The number of amides is 1. The summed E-state index contributed by atoms with van der Waals surface area (Å²) < 4.78 is 1.05. The second-order valence-corrected chi connectivity index (χ2v) is 4.99. The van der Waals surface area contributed by atoms with Crippen molar-refractivity contribution in [3.8, 4) is 0 Å². The Morgan fingerprint density at radius 3 is 2.62 bits per heavy atom. The van der Waals surface area contributed by atoms with Crippen molar-refractivity contribution in [3.63, 3.8) is 0 Å². The van der Waals surface area contributed by atoms with Crippen LogP contribution in [0.15, 0.2) is 0 Å². The van der Waals surface area contributed by atoms with E-state index < -0.39 is 0 Å². The predicted octanol–water partition coefficient (Wildman–Crippen LogP) is 0.456. The minimum Gasteiger partial charge on any atom is -0.340 e. The SMILES string of the molecule is CN1C[C@H]2CC[C@@H](CC1=O)[N+]2(C)C. The molecular formula is C10H19N2O+. The summed E-state index contributed by atoms with van der Waals surface area (Å²) in [5.74, 6) is 0.332. The van der Waals surface area contributed by atoms with E-state index in [1.54, 1.807) is 0 Å². The van der Waals surface area contributed by atoms with Gasteiger partial charge in [-0.3, -0.25) is 4.79 Å². The van der Waals surface area contributed by atoms with Crippen LogP contribution in [0, 0.1) is 0 Å². The Bertz CT molecular complexity index is 237. The molecule has 1 amide bonds. The number of likely N-dealkylation sites (N-methyl/N-ethyl adjacent to an activating group) is 2. The van der Waals surface area contributed by atoms with Gasteiger partial charge in [-0.25, -0.2) is 0 Å². The van der Waals surface area contributed by atoms with E-state index in [0.717, 1.165) is 17.4 Å². The first-order chi connectivity index (χ1) is 6.01. The van der Waals surface area contributed by atoms with Gasteiger partial charge >= 0.3 is 0 Å². The summed E-state index contributed by atoms with van der Waals surface area (Å²) in [5.41, 5.74) is 0. The predicted molar refractivity (Wildman–Crippen MR) is 51.2 cm³/mol. The van der Waals surface area contributed by atoms with E-state index in [9.17, 15) is 4.79 Å². The van der Waals surface area contributed by atoms with Crippen molar-refractivity contribution < 1.29 is 9.28 Å². The molecule has 0 saturated carbocycles. The van der Waals surface area contributed by atoms with Crippen LogP contribution >= 0.6 is 0 Å². The molecule has 2 aliphatic heterocycles. The number of rotatable bonds is 0. The van der Waals surface area contributed by atoms with Crippen LogP contribution in [0.25, 0.3) is 0 Å². The largest absolute Gasteiger partial charge is 0.340 e. The highest BCUT2D eigenvalue weighted by atomic mass is 16.2. The lowest BCUT2D eigenvalue weighted by molar-refractivity contribution is -0.922. The van der Waals surface area contributed by atoms with Gasteiger partial charge in [-0.2, -0.15) is 0 Å². The number of hydrogen-bond donors (Lipinski definition) is 0. The molecule has 0 spiro atoms. The molecule has 74 valence electrons. The van der Waals surface area contributed by atoms with E-state index in [1.165, 1.54) is 12.8 Å². The first-order valence-corrected chi connectivity index (χ1v) is 5.09. The number of quaternary nitrogens is 1. The maximum absolute atomic E-state index is 11.6. The molecule has 0 unspecified atom stereocenters. The number of fused-ring (bicyclic) bond motifs is 2. The number of carbonyl (C=O) groups excluding carboxylic acids is 1. The molecule has 2 atom stereocenters. The van der Waals surface area contributed by atoms with Crippen LogP contribution in [-0.2, 0) is 4.79 Å². The molecule has 2 saturated heterocycles. The van der Waals surface area contributed by atoms with Gasteiger partial charge in [0.1, 0.15) is 6.04 Å².